The molecule has 26 heavy (non-hydrogen) atoms. The molecule has 0 N–H and O–H groups in total. The predicted molar refractivity (Wildman–Crippen MR) is 97.0 cm³/mol. The van der Waals surface area contributed by atoms with Gasteiger partial charge in [0.2, 0.25) is 6.79 Å². The summed E-state index contributed by atoms with van der Waals surface area (Å²) in [5.41, 5.74) is 1.74. The van der Waals surface area contributed by atoms with E-state index in [0.717, 1.165) is 0 Å². The molecule has 0 saturated carbocycles. The van der Waals surface area contributed by atoms with Crippen molar-refractivity contribution in [3.8, 4) is 23.0 Å². The minimum atomic E-state index is -0.206. The largest absolute Gasteiger partial charge is 0.454 e. The van der Waals surface area contributed by atoms with Gasteiger partial charge < -0.3 is 14.2 Å². The topological polar surface area (TPSA) is 48.0 Å². The SMILES string of the molecule is O=C(c1ccc2c(c1)OCO2)N1c2ccccc2Oc2ccc(Cl)cc21. The van der Waals surface area contributed by atoms with Gasteiger partial charge in [0, 0.05) is 10.6 Å². The smallest absolute Gasteiger partial charge is 0.263 e. The van der Waals surface area contributed by atoms with Crippen LogP contribution in [0.25, 0.3) is 0 Å². The highest BCUT2D eigenvalue weighted by atomic mass is 35.5. The van der Waals surface area contributed by atoms with E-state index in [0.29, 0.717) is 45.0 Å². The number of hydrogen-bond donors (Lipinski definition) is 0. The van der Waals surface area contributed by atoms with Crippen LogP contribution in [0.15, 0.2) is 60.7 Å². The second-order valence-corrected chi connectivity index (χ2v) is 6.33. The summed E-state index contributed by atoms with van der Waals surface area (Å²) in [6, 6.07) is 17.7. The average molecular weight is 366 g/mol. The van der Waals surface area contributed by atoms with Crippen LogP contribution < -0.4 is 19.1 Å². The van der Waals surface area contributed by atoms with E-state index < -0.39 is 0 Å². The number of carbonyl (C=O) groups is 1. The quantitative estimate of drug-likeness (QED) is 0.598. The predicted octanol–water partition coefficient (Wildman–Crippen LogP) is 5.15. The molecule has 128 valence electrons. The Labute approximate surface area is 154 Å². The second-order valence-electron chi connectivity index (χ2n) is 5.89. The Morgan fingerprint density at radius 2 is 1.62 bits per heavy atom. The summed E-state index contributed by atoms with van der Waals surface area (Å²) in [5, 5.41) is 0.523. The highest BCUT2D eigenvalue weighted by molar-refractivity contribution is 6.31. The highest BCUT2D eigenvalue weighted by Gasteiger charge is 2.31. The van der Waals surface area contributed by atoms with Crippen LogP contribution in [-0.2, 0) is 0 Å². The van der Waals surface area contributed by atoms with Crippen LogP contribution in [0.5, 0.6) is 23.0 Å². The van der Waals surface area contributed by atoms with Crippen LogP contribution >= 0.6 is 11.6 Å². The van der Waals surface area contributed by atoms with Gasteiger partial charge >= 0.3 is 0 Å². The molecule has 0 unspecified atom stereocenters. The molecule has 2 aliphatic heterocycles. The highest BCUT2D eigenvalue weighted by Crippen LogP contribution is 2.48. The number of nitrogens with zero attached hydrogens (tertiary/aromatic N) is 1. The van der Waals surface area contributed by atoms with Crippen molar-refractivity contribution in [2.45, 2.75) is 0 Å². The van der Waals surface area contributed by atoms with E-state index in [4.69, 9.17) is 25.8 Å². The maximum atomic E-state index is 13.4. The average Bonchev–Trinajstić information content (AvgIpc) is 3.13. The Hall–Kier alpha value is -3.18. The third kappa shape index (κ3) is 2.29. The molecule has 5 nitrogen and oxygen atoms in total. The summed E-state index contributed by atoms with van der Waals surface area (Å²) < 4.78 is 16.6. The van der Waals surface area contributed by atoms with Crippen LogP contribution in [0.2, 0.25) is 5.02 Å². The summed E-state index contributed by atoms with van der Waals surface area (Å²) in [6.45, 7) is 0.159. The van der Waals surface area contributed by atoms with Crippen LogP contribution in [0.1, 0.15) is 10.4 Å². The maximum absolute atomic E-state index is 13.4. The van der Waals surface area contributed by atoms with Gasteiger partial charge in [-0.05, 0) is 48.5 Å². The van der Waals surface area contributed by atoms with E-state index in [-0.39, 0.29) is 12.7 Å². The molecular formula is C20H12ClNO4. The summed E-state index contributed by atoms with van der Waals surface area (Å²) in [7, 11) is 0. The van der Waals surface area contributed by atoms with E-state index in [1.165, 1.54) is 0 Å². The van der Waals surface area contributed by atoms with Crippen LogP contribution in [0.3, 0.4) is 0 Å². The third-order valence-electron chi connectivity index (χ3n) is 4.31. The first-order chi connectivity index (χ1) is 12.7. The van der Waals surface area contributed by atoms with Crippen molar-refractivity contribution in [3.05, 3.63) is 71.2 Å². The fourth-order valence-electron chi connectivity index (χ4n) is 3.11. The summed E-state index contributed by atoms with van der Waals surface area (Å²) in [6.07, 6.45) is 0. The van der Waals surface area contributed by atoms with Gasteiger partial charge in [-0.15, -0.1) is 0 Å². The molecule has 0 spiro atoms. The second kappa shape index (κ2) is 5.68. The summed E-state index contributed by atoms with van der Waals surface area (Å²) >= 11 is 6.17. The van der Waals surface area contributed by atoms with Crippen LogP contribution in [-0.4, -0.2) is 12.7 Å². The lowest BCUT2D eigenvalue weighted by Crippen LogP contribution is -2.28. The molecule has 6 heteroatoms. The van der Waals surface area contributed by atoms with Gasteiger partial charge in [-0.25, -0.2) is 0 Å². The number of anilines is 2. The van der Waals surface area contributed by atoms with E-state index in [2.05, 4.69) is 0 Å². The number of hydrogen-bond acceptors (Lipinski definition) is 4. The lowest BCUT2D eigenvalue weighted by atomic mass is 10.1. The Morgan fingerprint density at radius 3 is 2.54 bits per heavy atom. The van der Waals surface area contributed by atoms with Crippen molar-refractivity contribution in [3.63, 3.8) is 0 Å². The zero-order valence-corrected chi connectivity index (χ0v) is 14.2. The molecule has 0 radical (unpaired) electrons. The molecule has 0 aliphatic carbocycles. The first-order valence-electron chi connectivity index (χ1n) is 8.01. The molecule has 0 saturated heterocycles. The fourth-order valence-corrected chi connectivity index (χ4v) is 3.27. The Morgan fingerprint density at radius 1 is 0.846 bits per heavy atom. The number of ether oxygens (including phenoxy) is 3. The lowest BCUT2D eigenvalue weighted by molar-refractivity contribution is 0.0996. The molecule has 0 aromatic heterocycles. The number of benzene rings is 3. The molecule has 3 aromatic carbocycles. The minimum absolute atomic E-state index is 0.159. The van der Waals surface area contributed by atoms with Crippen LogP contribution in [0.4, 0.5) is 11.4 Å². The van der Waals surface area contributed by atoms with E-state index >= 15 is 0 Å². The zero-order chi connectivity index (χ0) is 17.7. The molecule has 0 atom stereocenters. The number of fused-ring (bicyclic) bond motifs is 3. The lowest BCUT2D eigenvalue weighted by Gasteiger charge is -2.31. The zero-order valence-electron chi connectivity index (χ0n) is 13.4. The van der Waals surface area contributed by atoms with Gasteiger partial charge in [0.05, 0.1) is 11.4 Å². The first kappa shape index (κ1) is 15.1. The van der Waals surface area contributed by atoms with Crippen molar-refractivity contribution < 1.29 is 19.0 Å². The molecule has 0 bridgehead atoms. The molecular weight excluding hydrogens is 354 g/mol. The normalized spacial score (nSPS) is 13.7. The molecule has 1 amide bonds. The molecule has 5 rings (SSSR count). The van der Waals surface area contributed by atoms with E-state index in [1.807, 2.05) is 24.3 Å². The Kier molecular flexibility index (Phi) is 3.30. The number of rotatable bonds is 1. The van der Waals surface area contributed by atoms with Crippen molar-refractivity contribution >= 4 is 28.9 Å². The number of amides is 1. The van der Waals surface area contributed by atoms with Gasteiger partial charge in [-0.2, -0.15) is 0 Å². The van der Waals surface area contributed by atoms with Gasteiger partial charge in [-0.1, -0.05) is 23.7 Å². The minimum Gasteiger partial charge on any atom is -0.454 e. The van der Waals surface area contributed by atoms with Gasteiger partial charge in [0.1, 0.15) is 0 Å². The number of halogens is 1. The number of para-hydroxylation sites is 2. The third-order valence-corrected chi connectivity index (χ3v) is 4.55. The molecule has 2 heterocycles. The maximum Gasteiger partial charge on any atom is 0.263 e. The van der Waals surface area contributed by atoms with Crippen molar-refractivity contribution in [2.24, 2.45) is 0 Å². The van der Waals surface area contributed by atoms with Crippen molar-refractivity contribution in [1.82, 2.24) is 0 Å². The standard InChI is InChI=1S/C20H12ClNO4/c21-13-6-8-17-15(10-13)22(14-3-1-2-4-16(14)26-17)20(23)12-5-7-18-19(9-12)25-11-24-18/h1-10H,11H2. The Balaban J connectivity index is 1.66. The molecule has 3 aromatic rings. The number of carbonyl (C=O) groups excluding carboxylic acids is 1. The Bertz CT molecular complexity index is 1050. The first-order valence-corrected chi connectivity index (χ1v) is 8.39. The van der Waals surface area contributed by atoms with Gasteiger partial charge in [0.25, 0.3) is 5.91 Å². The van der Waals surface area contributed by atoms with Gasteiger partial charge in [0.15, 0.2) is 23.0 Å². The summed E-state index contributed by atoms with van der Waals surface area (Å²) in [4.78, 5) is 15.0. The molecule has 2 aliphatic rings. The van der Waals surface area contributed by atoms with E-state index in [9.17, 15) is 4.79 Å². The van der Waals surface area contributed by atoms with Gasteiger partial charge in [-0.3, -0.25) is 9.69 Å². The molecule has 0 fully saturated rings. The van der Waals surface area contributed by atoms with E-state index in [1.54, 1.807) is 41.3 Å². The fraction of sp³-hybridized carbons (Fsp3) is 0.0500. The van der Waals surface area contributed by atoms with Crippen molar-refractivity contribution in [2.75, 3.05) is 11.7 Å². The summed E-state index contributed by atoms with van der Waals surface area (Å²) in [5.74, 6) is 2.16. The monoisotopic (exact) mass is 365 g/mol. The van der Waals surface area contributed by atoms with Crippen molar-refractivity contribution in [1.29, 1.82) is 0 Å². The van der Waals surface area contributed by atoms with Crippen LogP contribution in [0, 0.1) is 0 Å².